The molecule has 2 aromatic carbocycles. The first kappa shape index (κ1) is 22.1. The van der Waals surface area contributed by atoms with Gasteiger partial charge in [0.1, 0.15) is 0 Å². The molecule has 0 atom stereocenters. The van der Waals surface area contributed by atoms with Crippen molar-refractivity contribution < 1.29 is 18.0 Å². The van der Waals surface area contributed by atoms with Gasteiger partial charge >= 0.3 is 6.03 Å². The van der Waals surface area contributed by atoms with Gasteiger partial charge in [-0.15, -0.1) is 0 Å². The minimum Gasteiger partial charge on any atom is -0.335 e. The highest BCUT2D eigenvalue weighted by molar-refractivity contribution is 7.92. The van der Waals surface area contributed by atoms with E-state index in [1.165, 1.54) is 18.6 Å². The molecule has 2 saturated heterocycles. The van der Waals surface area contributed by atoms with E-state index in [2.05, 4.69) is 4.72 Å². The minimum absolute atomic E-state index is 0.0758. The number of nitrogens with zero attached hydrogens (tertiary/aromatic N) is 3. The lowest BCUT2D eigenvalue weighted by Crippen LogP contribution is -2.54. The molecule has 0 saturated carbocycles. The van der Waals surface area contributed by atoms with Crippen LogP contribution in [0.3, 0.4) is 0 Å². The Morgan fingerprint density at radius 1 is 0.688 bits per heavy atom. The summed E-state index contributed by atoms with van der Waals surface area (Å²) in [6.07, 6.45) is 3.29. The van der Waals surface area contributed by atoms with E-state index in [9.17, 15) is 18.0 Å². The number of hydrogen-bond donors (Lipinski definition) is 1. The Bertz CT molecular complexity index is 1040. The van der Waals surface area contributed by atoms with Crippen molar-refractivity contribution in [3.8, 4) is 0 Å². The van der Waals surface area contributed by atoms with Gasteiger partial charge in [-0.25, -0.2) is 13.2 Å². The van der Waals surface area contributed by atoms with Crippen LogP contribution in [0.4, 0.5) is 10.5 Å². The number of sulfonamides is 1. The summed E-state index contributed by atoms with van der Waals surface area (Å²) < 4.78 is 27.4. The Morgan fingerprint density at radius 3 is 1.88 bits per heavy atom. The molecule has 170 valence electrons. The van der Waals surface area contributed by atoms with Crippen molar-refractivity contribution in [1.29, 1.82) is 0 Å². The second kappa shape index (κ2) is 9.60. The molecule has 2 heterocycles. The molecule has 1 N–H and O–H groups in total. The van der Waals surface area contributed by atoms with Crippen LogP contribution in [-0.2, 0) is 10.0 Å². The standard InChI is InChI=1S/C23H28N4O4S/c28-22(25-15-17-27(18-16-25)23(29)26-13-5-2-6-14-26)19-9-11-20(12-10-19)24-32(30,31)21-7-3-1-4-8-21/h1,3-4,7-12,24H,2,5-6,13-18H2. The molecule has 2 aliphatic rings. The molecule has 2 aliphatic heterocycles. The van der Waals surface area contributed by atoms with Crippen molar-refractivity contribution in [3.63, 3.8) is 0 Å². The van der Waals surface area contributed by atoms with Gasteiger partial charge in [0.25, 0.3) is 15.9 Å². The summed E-state index contributed by atoms with van der Waals surface area (Å²) in [5, 5.41) is 0. The highest BCUT2D eigenvalue weighted by Crippen LogP contribution is 2.18. The zero-order valence-corrected chi connectivity index (χ0v) is 18.8. The lowest BCUT2D eigenvalue weighted by Gasteiger charge is -2.38. The van der Waals surface area contributed by atoms with E-state index in [-0.39, 0.29) is 16.8 Å². The first-order chi connectivity index (χ1) is 15.4. The van der Waals surface area contributed by atoms with Gasteiger partial charge in [-0.1, -0.05) is 18.2 Å². The zero-order valence-electron chi connectivity index (χ0n) is 17.9. The van der Waals surface area contributed by atoms with Gasteiger partial charge in [0.15, 0.2) is 0 Å². The fourth-order valence-electron chi connectivity index (χ4n) is 4.06. The van der Waals surface area contributed by atoms with Crippen molar-refractivity contribution in [1.82, 2.24) is 14.7 Å². The van der Waals surface area contributed by atoms with Crippen LogP contribution in [0.2, 0.25) is 0 Å². The number of nitrogens with one attached hydrogen (secondary N) is 1. The Balaban J connectivity index is 1.33. The third kappa shape index (κ3) is 5.04. The predicted molar refractivity (Wildman–Crippen MR) is 122 cm³/mol. The van der Waals surface area contributed by atoms with Crippen molar-refractivity contribution in [2.24, 2.45) is 0 Å². The predicted octanol–water partition coefficient (Wildman–Crippen LogP) is 2.85. The Labute approximate surface area is 188 Å². The molecule has 0 unspecified atom stereocenters. The summed E-state index contributed by atoms with van der Waals surface area (Å²) in [6, 6.07) is 14.6. The van der Waals surface area contributed by atoms with Crippen LogP contribution >= 0.6 is 0 Å². The molecule has 0 aliphatic carbocycles. The van der Waals surface area contributed by atoms with Gasteiger partial charge in [-0.05, 0) is 55.7 Å². The largest absolute Gasteiger partial charge is 0.335 e. The summed E-state index contributed by atoms with van der Waals surface area (Å²) >= 11 is 0. The highest BCUT2D eigenvalue weighted by Gasteiger charge is 2.28. The van der Waals surface area contributed by atoms with Crippen LogP contribution in [-0.4, -0.2) is 74.3 Å². The number of piperidine rings is 1. The fourth-order valence-corrected chi connectivity index (χ4v) is 5.14. The molecule has 4 rings (SSSR count). The number of amides is 3. The van der Waals surface area contributed by atoms with E-state index in [1.807, 2.05) is 9.80 Å². The quantitative estimate of drug-likeness (QED) is 0.766. The molecule has 9 heteroatoms. The van der Waals surface area contributed by atoms with Crippen LogP contribution < -0.4 is 4.72 Å². The summed E-state index contributed by atoms with van der Waals surface area (Å²) in [6.45, 7) is 3.66. The van der Waals surface area contributed by atoms with Crippen LogP contribution in [0, 0.1) is 0 Å². The van der Waals surface area contributed by atoms with Gasteiger partial charge < -0.3 is 14.7 Å². The van der Waals surface area contributed by atoms with E-state index >= 15 is 0 Å². The number of benzene rings is 2. The number of anilines is 1. The monoisotopic (exact) mass is 456 g/mol. The number of carbonyl (C=O) groups is 2. The van der Waals surface area contributed by atoms with E-state index in [0.717, 1.165) is 25.9 Å². The maximum atomic E-state index is 12.9. The first-order valence-electron chi connectivity index (χ1n) is 11.0. The van der Waals surface area contributed by atoms with Crippen molar-refractivity contribution in [3.05, 3.63) is 60.2 Å². The second-order valence-electron chi connectivity index (χ2n) is 8.11. The van der Waals surface area contributed by atoms with Gasteiger partial charge in [0, 0.05) is 50.5 Å². The molecular weight excluding hydrogens is 428 g/mol. The van der Waals surface area contributed by atoms with Crippen molar-refractivity contribution in [2.75, 3.05) is 44.0 Å². The Morgan fingerprint density at radius 2 is 1.25 bits per heavy atom. The maximum absolute atomic E-state index is 12.9. The SMILES string of the molecule is O=C(c1ccc(NS(=O)(=O)c2ccccc2)cc1)N1CCN(C(=O)N2CCCCC2)CC1. The van der Waals surface area contributed by atoms with Crippen LogP contribution in [0.5, 0.6) is 0 Å². The number of hydrogen-bond acceptors (Lipinski definition) is 4. The third-order valence-electron chi connectivity index (χ3n) is 5.90. The summed E-state index contributed by atoms with van der Waals surface area (Å²) in [4.78, 5) is 31.2. The molecule has 0 bridgehead atoms. The number of rotatable bonds is 4. The van der Waals surface area contributed by atoms with E-state index in [0.29, 0.717) is 37.4 Å². The summed E-state index contributed by atoms with van der Waals surface area (Å²) in [5.41, 5.74) is 0.880. The molecule has 0 aromatic heterocycles. The van der Waals surface area contributed by atoms with Crippen molar-refractivity contribution in [2.45, 2.75) is 24.2 Å². The second-order valence-corrected chi connectivity index (χ2v) is 9.79. The number of urea groups is 1. The summed E-state index contributed by atoms with van der Waals surface area (Å²) in [5.74, 6) is -0.118. The lowest BCUT2D eigenvalue weighted by molar-refractivity contribution is 0.0633. The molecule has 0 radical (unpaired) electrons. The van der Waals surface area contributed by atoms with E-state index < -0.39 is 10.0 Å². The average Bonchev–Trinajstić information content (AvgIpc) is 2.84. The minimum atomic E-state index is -3.68. The molecular formula is C23H28N4O4S. The molecule has 32 heavy (non-hydrogen) atoms. The van der Waals surface area contributed by atoms with Crippen LogP contribution in [0.25, 0.3) is 0 Å². The molecule has 3 amide bonds. The van der Waals surface area contributed by atoms with E-state index in [1.54, 1.807) is 47.4 Å². The molecule has 2 aromatic rings. The van der Waals surface area contributed by atoms with Crippen molar-refractivity contribution >= 4 is 27.6 Å². The zero-order chi connectivity index (χ0) is 22.6. The third-order valence-corrected chi connectivity index (χ3v) is 7.30. The summed E-state index contributed by atoms with van der Waals surface area (Å²) in [7, 11) is -3.68. The average molecular weight is 457 g/mol. The normalized spacial score (nSPS) is 17.2. The molecule has 2 fully saturated rings. The topological polar surface area (TPSA) is 90.0 Å². The lowest BCUT2D eigenvalue weighted by atomic mass is 10.1. The number of carbonyl (C=O) groups excluding carboxylic acids is 2. The molecule has 0 spiro atoms. The Hall–Kier alpha value is -3.07. The Kier molecular flexibility index (Phi) is 6.64. The number of likely N-dealkylation sites (tertiary alicyclic amines) is 1. The smallest absolute Gasteiger partial charge is 0.320 e. The highest BCUT2D eigenvalue weighted by atomic mass is 32.2. The van der Waals surface area contributed by atoms with E-state index in [4.69, 9.17) is 0 Å². The maximum Gasteiger partial charge on any atom is 0.320 e. The van der Waals surface area contributed by atoms with Crippen LogP contribution in [0.1, 0.15) is 29.6 Å². The molecule has 8 nitrogen and oxygen atoms in total. The first-order valence-corrected chi connectivity index (χ1v) is 12.4. The van der Waals surface area contributed by atoms with Gasteiger partial charge in [0.05, 0.1) is 4.90 Å². The van der Waals surface area contributed by atoms with Gasteiger partial charge in [-0.3, -0.25) is 9.52 Å². The van der Waals surface area contributed by atoms with Gasteiger partial charge in [0.2, 0.25) is 0 Å². The van der Waals surface area contributed by atoms with Gasteiger partial charge in [-0.2, -0.15) is 0 Å². The number of piperazine rings is 1. The fraction of sp³-hybridized carbons (Fsp3) is 0.391. The van der Waals surface area contributed by atoms with Crippen LogP contribution in [0.15, 0.2) is 59.5 Å².